The van der Waals surface area contributed by atoms with Crippen molar-refractivity contribution in [3.63, 3.8) is 0 Å². The van der Waals surface area contributed by atoms with Gasteiger partial charge in [0.1, 0.15) is 6.10 Å². The minimum Gasteiger partial charge on any atom is -0.396 e. The van der Waals surface area contributed by atoms with Crippen LogP contribution in [0.5, 0.6) is 0 Å². The minimum atomic E-state index is -1.27. The van der Waals surface area contributed by atoms with Crippen LogP contribution >= 0.6 is 0 Å². The number of amides is 2. The molecule has 15 atom stereocenters. The highest BCUT2D eigenvalue weighted by Crippen LogP contribution is 2.38. The Bertz CT molecular complexity index is 964. The number of ether oxygens (including phenoxy) is 2. The fourth-order valence-electron chi connectivity index (χ4n) is 8.15. The molecule has 3 fully saturated rings. The Kier molecular flexibility index (Phi) is 16.2. The smallest absolute Gasteiger partial charge is 0.217 e. The van der Waals surface area contributed by atoms with Crippen LogP contribution in [-0.4, -0.2) is 154 Å². The van der Waals surface area contributed by atoms with Crippen molar-refractivity contribution in [3.8, 4) is 0 Å². The van der Waals surface area contributed by atoms with Crippen LogP contribution in [0.4, 0.5) is 0 Å². The molecule has 3 aliphatic carbocycles. The van der Waals surface area contributed by atoms with Gasteiger partial charge in [-0.05, 0) is 50.0 Å². The van der Waals surface area contributed by atoms with Gasteiger partial charge in [-0.2, -0.15) is 0 Å². The van der Waals surface area contributed by atoms with Crippen LogP contribution < -0.4 is 16.0 Å². The Labute approximate surface area is 277 Å². The Hall–Kier alpha value is -1.50. The number of rotatable bonds is 16. The number of nitrogens with one attached hydrogen (secondary N) is 3. The Morgan fingerprint density at radius 3 is 1.68 bits per heavy atom. The topological polar surface area (TPSA) is 251 Å². The summed E-state index contributed by atoms with van der Waals surface area (Å²) in [5.41, 5.74) is 0. The number of likely N-dealkylation sites (N-methyl/N-ethyl adjacent to an activating group) is 1. The SMILES string of the molecule is CCNC1C(O)[C@H](COC[C@@H]2CC(CO)[C@@H](CCOC[C@@H]3CC(CO)[C@@H](O)C(O)C3NC(C)=O)C(O)C2NC(C)=O)C(CO)C[C@H]1O. The van der Waals surface area contributed by atoms with Gasteiger partial charge in [-0.25, -0.2) is 0 Å². The zero-order valence-corrected chi connectivity index (χ0v) is 27.9. The average Bonchev–Trinajstić information content (AvgIpc) is 3.03. The Morgan fingerprint density at radius 1 is 0.617 bits per heavy atom. The van der Waals surface area contributed by atoms with E-state index in [1.807, 2.05) is 6.92 Å². The molecule has 0 aliphatic heterocycles. The molecule has 3 rings (SSSR count). The molecule has 274 valence electrons. The van der Waals surface area contributed by atoms with Crippen molar-refractivity contribution in [2.75, 3.05) is 52.8 Å². The quantitative estimate of drug-likeness (QED) is 0.0718. The predicted molar refractivity (Wildman–Crippen MR) is 169 cm³/mol. The van der Waals surface area contributed by atoms with E-state index in [4.69, 9.17) is 9.47 Å². The molecule has 0 heterocycles. The van der Waals surface area contributed by atoms with Crippen LogP contribution in [0.1, 0.15) is 46.5 Å². The van der Waals surface area contributed by atoms with Crippen LogP contribution in [0.3, 0.4) is 0 Å². The maximum absolute atomic E-state index is 12.2. The summed E-state index contributed by atoms with van der Waals surface area (Å²) in [6.07, 6.45) is -3.82. The van der Waals surface area contributed by atoms with Crippen molar-refractivity contribution in [1.29, 1.82) is 0 Å². The second-order valence-corrected chi connectivity index (χ2v) is 13.8. The predicted octanol–water partition coefficient (Wildman–Crippen LogP) is -3.30. The lowest BCUT2D eigenvalue weighted by Crippen LogP contribution is -2.59. The van der Waals surface area contributed by atoms with Gasteiger partial charge in [-0.3, -0.25) is 9.59 Å². The zero-order chi connectivity index (χ0) is 34.8. The van der Waals surface area contributed by atoms with Crippen LogP contribution in [0, 0.1) is 41.4 Å². The van der Waals surface area contributed by atoms with Crippen LogP contribution in [0.15, 0.2) is 0 Å². The van der Waals surface area contributed by atoms with E-state index in [-0.39, 0.29) is 81.7 Å². The largest absolute Gasteiger partial charge is 0.396 e. The summed E-state index contributed by atoms with van der Waals surface area (Å²) in [6.45, 7) is 4.88. The van der Waals surface area contributed by atoms with E-state index in [9.17, 15) is 50.4 Å². The van der Waals surface area contributed by atoms with Crippen molar-refractivity contribution < 1.29 is 59.9 Å². The summed E-state index contributed by atoms with van der Waals surface area (Å²) in [6, 6.07) is -1.99. The van der Waals surface area contributed by atoms with E-state index in [2.05, 4.69) is 16.0 Å². The van der Waals surface area contributed by atoms with Crippen LogP contribution in [0.2, 0.25) is 0 Å². The molecule has 0 saturated heterocycles. The van der Waals surface area contributed by atoms with Crippen molar-refractivity contribution in [1.82, 2.24) is 16.0 Å². The summed E-state index contributed by atoms with van der Waals surface area (Å²) < 4.78 is 12.0. The van der Waals surface area contributed by atoms with Gasteiger partial charge >= 0.3 is 0 Å². The average molecular weight is 678 g/mol. The van der Waals surface area contributed by atoms with Crippen molar-refractivity contribution >= 4 is 11.8 Å². The van der Waals surface area contributed by atoms with E-state index >= 15 is 0 Å². The van der Waals surface area contributed by atoms with Gasteiger partial charge in [0, 0.05) is 63.9 Å². The maximum atomic E-state index is 12.2. The number of aliphatic hydroxyl groups excluding tert-OH is 8. The van der Waals surface area contributed by atoms with E-state index < -0.39 is 66.4 Å². The van der Waals surface area contributed by atoms with E-state index in [1.54, 1.807) is 0 Å². The molecule has 15 nitrogen and oxygen atoms in total. The third kappa shape index (κ3) is 10.3. The van der Waals surface area contributed by atoms with Gasteiger partial charge in [0.05, 0.1) is 62.4 Å². The lowest BCUT2D eigenvalue weighted by atomic mass is 9.68. The first-order chi connectivity index (χ1) is 22.4. The Balaban J connectivity index is 1.61. The molecule has 0 spiro atoms. The third-order valence-corrected chi connectivity index (χ3v) is 10.7. The summed E-state index contributed by atoms with van der Waals surface area (Å²) >= 11 is 0. The van der Waals surface area contributed by atoms with Crippen LogP contribution in [-0.2, 0) is 19.1 Å². The first kappa shape index (κ1) is 39.9. The number of aliphatic hydroxyl groups is 8. The van der Waals surface area contributed by atoms with E-state index in [0.29, 0.717) is 32.2 Å². The van der Waals surface area contributed by atoms with E-state index in [0.717, 1.165) is 0 Å². The third-order valence-electron chi connectivity index (χ3n) is 10.7. The van der Waals surface area contributed by atoms with Crippen LogP contribution in [0.25, 0.3) is 0 Å². The summed E-state index contributed by atoms with van der Waals surface area (Å²) in [5.74, 6) is -3.56. The summed E-state index contributed by atoms with van der Waals surface area (Å²) in [5, 5.41) is 92.4. The molecule has 11 N–H and O–H groups in total. The first-order valence-electron chi connectivity index (χ1n) is 17.0. The van der Waals surface area contributed by atoms with Gasteiger partial charge in [0.25, 0.3) is 0 Å². The molecular weight excluding hydrogens is 618 g/mol. The molecule has 15 heteroatoms. The van der Waals surface area contributed by atoms with Crippen molar-refractivity contribution in [2.45, 2.75) is 95.1 Å². The van der Waals surface area contributed by atoms with Gasteiger partial charge in [0.15, 0.2) is 0 Å². The number of hydrogen-bond acceptors (Lipinski definition) is 13. The highest BCUT2D eigenvalue weighted by Gasteiger charge is 2.47. The van der Waals surface area contributed by atoms with Gasteiger partial charge in [-0.1, -0.05) is 6.92 Å². The van der Waals surface area contributed by atoms with Crippen molar-refractivity contribution in [2.24, 2.45) is 41.4 Å². The molecular formula is C32H59N3O12. The fourth-order valence-corrected chi connectivity index (χ4v) is 8.15. The standard InChI is InChI=1S/C32H59N3O12/c1-4-33-28-25(41)9-19(11-37)24(31(28)44)15-47-14-21-7-18(10-36)23(30(43)26(21)34-16(2)39)5-6-46-13-22-8-20(12-38)29(42)32(45)27(22)35-17(3)40/h18-33,36-38,41-45H,4-15H2,1-3H3,(H,34,39)(H,35,40)/t18?,19?,20?,21-,22-,23+,24+,25+,26?,27?,28?,29+,30?,31?,32?/m0/s1. The fraction of sp³-hybridized carbons (Fsp3) is 0.938. The number of carbonyl (C=O) groups excluding carboxylic acids is 2. The highest BCUT2D eigenvalue weighted by atomic mass is 16.5. The monoisotopic (exact) mass is 677 g/mol. The highest BCUT2D eigenvalue weighted by molar-refractivity contribution is 5.73. The summed E-state index contributed by atoms with van der Waals surface area (Å²) in [4.78, 5) is 23.9. The van der Waals surface area contributed by atoms with Gasteiger partial charge in [-0.15, -0.1) is 0 Å². The summed E-state index contributed by atoms with van der Waals surface area (Å²) in [7, 11) is 0. The van der Waals surface area contributed by atoms with Crippen molar-refractivity contribution in [3.05, 3.63) is 0 Å². The molecule has 0 radical (unpaired) electrons. The molecule has 0 aromatic carbocycles. The molecule has 0 aromatic rings. The Morgan fingerprint density at radius 2 is 1.13 bits per heavy atom. The zero-order valence-electron chi connectivity index (χ0n) is 27.9. The molecule has 3 saturated carbocycles. The van der Waals surface area contributed by atoms with Gasteiger partial charge in [0.2, 0.25) is 11.8 Å². The molecule has 3 aliphatic rings. The lowest BCUT2D eigenvalue weighted by Gasteiger charge is -2.46. The van der Waals surface area contributed by atoms with Gasteiger partial charge < -0.3 is 66.3 Å². The molecule has 0 bridgehead atoms. The first-order valence-corrected chi connectivity index (χ1v) is 17.0. The van der Waals surface area contributed by atoms with E-state index in [1.165, 1.54) is 13.8 Å². The molecule has 2 amide bonds. The second kappa shape index (κ2) is 19.0. The molecule has 47 heavy (non-hydrogen) atoms. The maximum Gasteiger partial charge on any atom is 0.217 e. The molecule has 9 unspecified atom stereocenters. The normalized spacial score (nSPS) is 41.0. The minimum absolute atomic E-state index is 0.102. The number of hydrogen-bond donors (Lipinski definition) is 11. The number of carbonyl (C=O) groups is 2. The molecule has 0 aromatic heterocycles. The second-order valence-electron chi connectivity index (χ2n) is 13.8. The lowest BCUT2D eigenvalue weighted by molar-refractivity contribution is -0.130.